The third kappa shape index (κ3) is 9.54. The number of nitrogens with zero attached hydrogens (tertiary/aromatic N) is 2. The Labute approximate surface area is 266 Å². The van der Waals surface area contributed by atoms with E-state index in [1.54, 1.807) is 31.2 Å². The Kier molecular flexibility index (Phi) is 11.5. The average molecular weight is 665 g/mol. The molecule has 2 aromatic carbocycles. The largest absolute Gasteiger partial charge is 0.495 e. The number of carbonyl (C=O) groups excluding carboxylic acids is 1. The number of likely N-dealkylation sites (tertiary alicyclic amines) is 1. The molecule has 3 aromatic rings. The lowest BCUT2D eigenvalue weighted by molar-refractivity contribution is -0.146. The van der Waals surface area contributed by atoms with Gasteiger partial charge in [-0.3, -0.25) is 4.79 Å². The summed E-state index contributed by atoms with van der Waals surface area (Å²) in [4.78, 5) is 13.5. The van der Waals surface area contributed by atoms with Crippen LogP contribution in [0.15, 0.2) is 47.4 Å². The van der Waals surface area contributed by atoms with Gasteiger partial charge in [0.1, 0.15) is 25.0 Å². The first-order valence-corrected chi connectivity index (χ1v) is 16.8. The van der Waals surface area contributed by atoms with E-state index in [9.17, 15) is 31.5 Å². The maximum absolute atomic E-state index is 13.6. The van der Waals surface area contributed by atoms with Gasteiger partial charge in [-0.2, -0.15) is 13.2 Å². The molecule has 1 aliphatic rings. The summed E-state index contributed by atoms with van der Waals surface area (Å²) >= 11 is 0. The van der Waals surface area contributed by atoms with Crippen LogP contribution in [-0.2, 0) is 25.9 Å². The van der Waals surface area contributed by atoms with E-state index in [1.165, 1.54) is 19.2 Å². The molecule has 10 nitrogen and oxygen atoms in total. The van der Waals surface area contributed by atoms with Crippen molar-refractivity contribution in [2.45, 2.75) is 55.9 Å². The van der Waals surface area contributed by atoms with Crippen LogP contribution in [0.1, 0.15) is 31.9 Å². The van der Waals surface area contributed by atoms with Crippen LogP contribution in [0.3, 0.4) is 0 Å². The Morgan fingerprint density at radius 1 is 1.15 bits per heavy atom. The molecule has 1 saturated heterocycles. The molecule has 250 valence electrons. The molecule has 4 rings (SSSR count). The monoisotopic (exact) mass is 664 g/mol. The number of halogens is 3. The molecule has 1 atom stereocenters. The number of alkyl halides is 3. The van der Waals surface area contributed by atoms with Crippen molar-refractivity contribution in [1.29, 1.82) is 0 Å². The third-order valence-corrected chi connectivity index (χ3v) is 8.72. The van der Waals surface area contributed by atoms with Gasteiger partial charge in [-0.25, -0.2) is 8.42 Å². The zero-order chi connectivity index (χ0) is 33.5. The predicted octanol–water partition coefficient (Wildman–Crippen LogP) is 4.27. The molecule has 1 unspecified atom stereocenters. The maximum atomic E-state index is 13.6. The number of esters is 1. The van der Waals surface area contributed by atoms with E-state index in [2.05, 4.69) is 27.4 Å². The molecule has 2 heterocycles. The van der Waals surface area contributed by atoms with Crippen molar-refractivity contribution < 1.29 is 41.0 Å². The summed E-state index contributed by atoms with van der Waals surface area (Å²) in [6.45, 7) is 2.30. The van der Waals surface area contributed by atoms with Crippen LogP contribution in [0, 0.1) is 11.8 Å². The van der Waals surface area contributed by atoms with E-state index in [1.807, 2.05) is 6.07 Å². The first kappa shape index (κ1) is 34.9. The molecule has 1 fully saturated rings. The fraction of sp³-hybridized carbons (Fsp3) is 0.469. The molecule has 0 amide bonds. The van der Waals surface area contributed by atoms with Gasteiger partial charge in [0.05, 0.1) is 35.4 Å². The number of β-amino-alcohol motifs (C(OH)–C–C–N with tert-alkyl or cyclic N) is 1. The minimum absolute atomic E-state index is 0.0459. The molecule has 0 radical (unpaired) electrons. The minimum Gasteiger partial charge on any atom is -0.495 e. The number of anilines is 2. The van der Waals surface area contributed by atoms with Gasteiger partial charge in [0.2, 0.25) is 0 Å². The molecule has 3 N–H and O–H groups in total. The van der Waals surface area contributed by atoms with Crippen LogP contribution in [-0.4, -0.2) is 93.4 Å². The van der Waals surface area contributed by atoms with Gasteiger partial charge in [0, 0.05) is 55.5 Å². The SMILES string of the molecule is CCC(=O)OCC(O)CN1CCC(Nc2cccc3c2cc(C#CCNc2ccc(S(C)(=O)=O)cc2OC)n3CC(F)(F)F)CC1. The molecule has 46 heavy (non-hydrogen) atoms. The predicted molar refractivity (Wildman–Crippen MR) is 170 cm³/mol. The normalized spacial score (nSPS) is 15.2. The van der Waals surface area contributed by atoms with Gasteiger partial charge in [-0.05, 0) is 49.1 Å². The van der Waals surface area contributed by atoms with Crippen molar-refractivity contribution in [2.24, 2.45) is 0 Å². The van der Waals surface area contributed by atoms with Gasteiger partial charge < -0.3 is 34.7 Å². The van der Waals surface area contributed by atoms with E-state index >= 15 is 0 Å². The van der Waals surface area contributed by atoms with Gasteiger partial charge in [0.15, 0.2) is 9.84 Å². The first-order chi connectivity index (χ1) is 21.8. The lowest BCUT2D eigenvalue weighted by Gasteiger charge is -2.34. The second kappa shape index (κ2) is 15.1. The van der Waals surface area contributed by atoms with E-state index in [0.29, 0.717) is 47.7 Å². The summed E-state index contributed by atoms with van der Waals surface area (Å²) in [7, 11) is -2.03. The number of hydrogen-bond donors (Lipinski definition) is 3. The van der Waals surface area contributed by atoms with Crippen LogP contribution in [0.5, 0.6) is 5.75 Å². The number of aromatic nitrogens is 1. The van der Waals surface area contributed by atoms with Crippen molar-refractivity contribution in [3.8, 4) is 17.6 Å². The van der Waals surface area contributed by atoms with Crippen molar-refractivity contribution >= 4 is 38.1 Å². The highest BCUT2D eigenvalue weighted by Gasteiger charge is 2.30. The summed E-state index contributed by atoms with van der Waals surface area (Å²) in [5.41, 5.74) is 1.81. The number of carbonyl (C=O) groups is 1. The molecular formula is C32H39F3N4O6S. The fourth-order valence-electron chi connectivity index (χ4n) is 5.31. The van der Waals surface area contributed by atoms with Gasteiger partial charge in [-0.15, -0.1) is 0 Å². The average Bonchev–Trinajstić information content (AvgIpc) is 3.35. The van der Waals surface area contributed by atoms with Crippen molar-refractivity contribution in [1.82, 2.24) is 9.47 Å². The summed E-state index contributed by atoms with van der Waals surface area (Å²) < 4.78 is 76.1. The number of benzene rings is 2. The van der Waals surface area contributed by atoms with Crippen LogP contribution >= 0.6 is 0 Å². The number of hydrogen-bond acceptors (Lipinski definition) is 9. The topological polar surface area (TPSA) is 122 Å². The Morgan fingerprint density at radius 3 is 2.54 bits per heavy atom. The second-order valence-corrected chi connectivity index (χ2v) is 13.2. The van der Waals surface area contributed by atoms with E-state index < -0.39 is 28.7 Å². The standard InChI is InChI=1S/C32H39F3N4O6S/c1-4-31(41)45-20-24(40)19-38-15-12-22(13-16-38)37-27-8-5-9-29-26(27)17-23(39(29)21-32(33,34)35)7-6-14-36-28-11-10-25(46(3,42)43)18-30(28)44-2/h5,8-11,17-18,22,24,36-37,40H,4,12-16,19-21H2,1-3H3. The summed E-state index contributed by atoms with van der Waals surface area (Å²) in [5.74, 6) is 5.69. The lowest BCUT2D eigenvalue weighted by atomic mass is 10.0. The number of fused-ring (bicyclic) bond motifs is 1. The summed E-state index contributed by atoms with van der Waals surface area (Å²) in [6.07, 6.45) is -2.38. The molecule has 1 aliphatic heterocycles. The van der Waals surface area contributed by atoms with Crippen LogP contribution in [0.25, 0.3) is 10.9 Å². The third-order valence-electron chi connectivity index (χ3n) is 7.61. The number of aliphatic hydroxyl groups is 1. The van der Waals surface area contributed by atoms with Crippen LogP contribution in [0.2, 0.25) is 0 Å². The molecule has 0 aliphatic carbocycles. The number of aliphatic hydroxyl groups excluding tert-OH is 1. The second-order valence-electron chi connectivity index (χ2n) is 11.2. The van der Waals surface area contributed by atoms with Gasteiger partial charge >= 0.3 is 12.1 Å². The summed E-state index contributed by atoms with van der Waals surface area (Å²) in [6, 6.07) is 11.3. The number of piperidine rings is 1. The van der Waals surface area contributed by atoms with Gasteiger partial charge in [0.25, 0.3) is 0 Å². The van der Waals surface area contributed by atoms with Crippen molar-refractivity contribution in [3.05, 3.63) is 48.2 Å². The number of sulfone groups is 1. The molecule has 14 heteroatoms. The highest BCUT2D eigenvalue weighted by molar-refractivity contribution is 7.90. The molecule has 1 aromatic heterocycles. The van der Waals surface area contributed by atoms with E-state index in [-0.39, 0.29) is 42.2 Å². The molecule has 0 spiro atoms. The highest BCUT2D eigenvalue weighted by Crippen LogP contribution is 2.32. The number of methoxy groups -OCH3 is 1. The number of nitrogens with one attached hydrogen (secondary N) is 2. The molecule has 0 bridgehead atoms. The van der Waals surface area contributed by atoms with E-state index in [0.717, 1.165) is 23.7 Å². The quantitative estimate of drug-likeness (QED) is 0.193. The zero-order valence-corrected chi connectivity index (χ0v) is 26.8. The van der Waals surface area contributed by atoms with Gasteiger partial charge in [-0.1, -0.05) is 18.9 Å². The van der Waals surface area contributed by atoms with Crippen molar-refractivity contribution in [3.63, 3.8) is 0 Å². The van der Waals surface area contributed by atoms with Crippen molar-refractivity contribution in [2.75, 3.05) is 56.8 Å². The highest BCUT2D eigenvalue weighted by atomic mass is 32.2. The maximum Gasteiger partial charge on any atom is 0.406 e. The summed E-state index contributed by atoms with van der Waals surface area (Å²) in [5, 5.41) is 17.4. The number of ether oxygens (including phenoxy) is 2. The van der Waals surface area contributed by atoms with Crippen LogP contribution in [0.4, 0.5) is 24.5 Å². The molecule has 0 saturated carbocycles. The smallest absolute Gasteiger partial charge is 0.406 e. The number of rotatable bonds is 12. The minimum atomic E-state index is -4.47. The van der Waals surface area contributed by atoms with E-state index in [4.69, 9.17) is 9.47 Å². The Balaban J connectivity index is 1.46. The zero-order valence-electron chi connectivity index (χ0n) is 26.0. The van der Waals surface area contributed by atoms with Crippen LogP contribution < -0.4 is 15.4 Å². The Bertz CT molecular complexity index is 1690. The fourth-order valence-corrected chi connectivity index (χ4v) is 5.94. The Morgan fingerprint density at radius 2 is 1.89 bits per heavy atom. The lowest BCUT2D eigenvalue weighted by Crippen LogP contribution is -2.43. The first-order valence-electron chi connectivity index (χ1n) is 14.9. The Hall–Kier alpha value is -3.93. The molecular weight excluding hydrogens is 625 g/mol.